The second-order valence-electron chi connectivity index (χ2n) is 5.12. The number of nitrogens with zero attached hydrogens (tertiary/aromatic N) is 1. The van der Waals surface area contributed by atoms with Gasteiger partial charge in [0.2, 0.25) is 6.29 Å². The first-order chi connectivity index (χ1) is 10.8. The van der Waals surface area contributed by atoms with Crippen LogP contribution in [0.1, 0.15) is 0 Å². The fraction of sp³-hybridized carbons (Fsp3) is 0.538. The zero-order chi connectivity index (χ0) is 17.1. The van der Waals surface area contributed by atoms with Crippen molar-refractivity contribution in [2.24, 2.45) is 0 Å². The molecule has 0 amide bonds. The molecule has 10 heteroatoms. The molecule has 0 bridgehead atoms. The van der Waals surface area contributed by atoms with Gasteiger partial charge >= 0.3 is 0 Å². The summed E-state index contributed by atoms with van der Waals surface area (Å²) in [5, 5.41) is 40.2. The smallest absolute Gasteiger partial charge is 0.269 e. The van der Waals surface area contributed by atoms with E-state index in [1.165, 1.54) is 30.5 Å². The maximum absolute atomic E-state index is 11.3. The van der Waals surface area contributed by atoms with Gasteiger partial charge in [0.1, 0.15) is 30.2 Å². The van der Waals surface area contributed by atoms with E-state index in [4.69, 9.17) is 9.47 Å². The number of non-ortho nitro benzene ring substituents is 1. The van der Waals surface area contributed by atoms with Gasteiger partial charge in [-0.1, -0.05) is 0 Å². The van der Waals surface area contributed by atoms with Crippen molar-refractivity contribution in [1.82, 2.24) is 0 Å². The number of nitro benzene ring substituents is 1. The minimum Gasteiger partial charge on any atom is -0.462 e. The molecule has 0 aromatic heterocycles. The molecule has 1 aliphatic heterocycles. The first kappa shape index (κ1) is 17.8. The van der Waals surface area contributed by atoms with E-state index < -0.39 is 46.4 Å². The van der Waals surface area contributed by atoms with Crippen molar-refractivity contribution < 1.29 is 33.9 Å². The molecule has 6 atom stereocenters. The second-order valence-corrected chi connectivity index (χ2v) is 6.60. The van der Waals surface area contributed by atoms with Crippen LogP contribution in [0, 0.1) is 10.1 Å². The highest BCUT2D eigenvalue weighted by atomic mass is 32.2. The fourth-order valence-corrected chi connectivity index (χ4v) is 2.90. The number of ether oxygens (including phenoxy) is 2. The van der Waals surface area contributed by atoms with E-state index in [1.54, 1.807) is 0 Å². The quantitative estimate of drug-likeness (QED) is 0.463. The van der Waals surface area contributed by atoms with Crippen molar-refractivity contribution in [1.29, 1.82) is 0 Å². The number of benzene rings is 1. The van der Waals surface area contributed by atoms with Crippen LogP contribution < -0.4 is 4.74 Å². The molecule has 1 fully saturated rings. The lowest BCUT2D eigenvalue weighted by molar-refractivity contribution is -0.384. The van der Waals surface area contributed by atoms with Crippen molar-refractivity contribution >= 4 is 16.5 Å². The molecule has 0 aliphatic carbocycles. The fourth-order valence-electron chi connectivity index (χ4n) is 2.16. The number of hydrogen-bond donors (Lipinski definition) is 3. The van der Waals surface area contributed by atoms with Crippen LogP contribution in [0.25, 0.3) is 0 Å². The third kappa shape index (κ3) is 4.24. The lowest BCUT2D eigenvalue weighted by Crippen LogP contribution is -2.60. The number of rotatable bonds is 5. The monoisotopic (exact) mass is 347 g/mol. The highest BCUT2D eigenvalue weighted by molar-refractivity contribution is 7.84. The van der Waals surface area contributed by atoms with Crippen LogP contribution in [0.2, 0.25) is 0 Å². The van der Waals surface area contributed by atoms with Gasteiger partial charge in [0.15, 0.2) is 0 Å². The van der Waals surface area contributed by atoms with Gasteiger partial charge in [-0.15, -0.1) is 0 Å². The first-order valence-electron chi connectivity index (χ1n) is 6.70. The summed E-state index contributed by atoms with van der Waals surface area (Å²) in [4.78, 5) is 10.0. The molecule has 0 spiro atoms. The van der Waals surface area contributed by atoms with Crippen LogP contribution in [0.5, 0.6) is 5.75 Å². The van der Waals surface area contributed by atoms with Crippen LogP contribution in [0.4, 0.5) is 5.69 Å². The standard InChI is InChI=1S/C13H17NO8S/c1-23(20)6-9-10(15)11(16)12(17)13(22-9)21-8-4-2-7(3-5-8)14(18)19/h2-5,9-13,15-17H,6H2,1H3/t9-,10+,11+,12-,13-,23?/m1/s1. The van der Waals surface area contributed by atoms with Crippen LogP contribution in [0.15, 0.2) is 24.3 Å². The van der Waals surface area contributed by atoms with Crippen LogP contribution in [-0.2, 0) is 15.5 Å². The third-order valence-corrected chi connectivity index (χ3v) is 4.17. The summed E-state index contributed by atoms with van der Waals surface area (Å²) in [6.07, 6.45) is -5.31. The highest BCUT2D eigenvalue weighted by Crippen LogP contribution is 2.26. The Balaban J connectivity index is 2.10. The zero-order valence-electron chi connectivity index (χ0n) is 12.1. The zero-order valence-corrected chi connectivity index (χ0v) is 13.0. The Kier molecular flexibility index (Phi) is 5.65. The van der Waals surface area contributed by atoms with Crippen LogP contribution in [0.3, 0.4) is 0 Å². The Morgan fingerprint density at radius 1 is 1.22 bits per heavy atom. The van der Waals surface area contributed by atoms with E-state index in [-0.39, 0.29) is 17.2 Å². The summed E-state index contributed by atoms with van der Waals surface area (Å²) in [5.74, 6) is 0.144. The molecule has 23 heavy (non-hydrogen) atoms. The Bertz CT molecular complexity index is 580. The number of hydrogen-bond acceptors (Lipinski definition) is 8. The molecule has 3 N–H and O–H groups in total. The number of nitro groups is 1. The molecule has 2 rings (SSSR count). The van der Waals surface area contributed by atoms with Crippen molar-refractivity contribution in [3.8, 4) is 5.75 Å². The minimum atomic E-state index is -1.53. The molecule has 0 radical (unpaired) electrons. The van der Waals surface area contributed by atoms with Gasteiger partial charge in [0.05, 0.1) is 10.7 Å². The summed E-state index contributed by atoms with van der Waals surface area (Å²) < 4.78 is 22.0. The molecule has 1 aliphatic rings. The minimum absolute atomic E-state index is 0.0366. The maximum Gasteiger partial charge on any atom is 0.269 e. The summed E-state index contributed by atoms with van der Waals surface area (Å²) in [7, 11) is -1.29. The molecule has 9 nitrogen and oxygen atoms in total. The highest BCUT2D eigenvalue weighted by Gasteiger charge is 2.45. The third-order valence-electron chi connectivity index (χ3n) is 3.37. The largest absolute Gasteiger partial charge is 0.462 e. The predicted octanol–water partition coefficient (Wildman–Crippen LogP) is -0.840. The molecule has 1 heterocycles. The van der Waals surface area contributed by atoms with Crippen LogP contribution in [-0.4, -0.2) is 67.2 Å². The van der Waals surface area contributed by atoms with Crippen molar-refractivity contribution in [3.05, 3.63) is 34.4 Å². The van der Waals surface area contributed by atoms with Gasteiger partial charge in [0.25, 0.3) is 5.69 Å². The maximum atomic E-state index is 11.3. The number of aliphatic hydroxyl groups excluding tert-OH is 3. The first-order valence-corrected chi connectivity index (χ1v) is 8.43. The Labute approximate surface area is 134 Å². The molecule has 128 valence electrons. The van der Waals surface area contributed by atoms with Crippen LogP contribution >= 0.6 is 0 Å². The summed E-state index contributed by atoms with van der Waals surface area (Å²) in [6.45, 7) is 0. The Morgan fingerprint density at radius 3 is 2.35 bits per heavy atom. The van der Waals surface area contributed by atoms with Gasteiger partial charge in [0, 0.05) is 29.2 Å². The number of aliphatic hydroxyl groups is 3. The molecule has 1 saturated heterocycles. The second kappa shape index (κ2) is 7.32. The molecule has 1 aromatic rings. The van der Waals surface area contributed by atoms with E-state index in [2.05, 4.69) is 0 Å². The van der Waals surface area contributed by atoms with Gasteiger partial charge < -0.3 is 24.8 Å². The summed E-state index contributed by atoms with van der Waals surface area (Å²) in [5.41, 5.74) is -0.128. The normalized spacial score (nSPS) is 32.3. The van der Waals surface area contributed by atoms with E-state index in [9.17, 15) is 29.6 Å². The predicted molar refractivity (Wildman–Crippen MR) is 79.3 cm³/mol. The molecular formula is C13H17NO8S. The Hall–Kier alpha value is -1.59. The molecule has 1 unspecified atom stereocenters. The van der Waals surface area contributed by atoms with E-state index in [0.717, 1.165) is 0 Å². The molecule has 0 saturated carbocycles. The van der Waals surface area contributed by atoms with Crippen molar-refractivity contribution in [3.63, 3.8) is 0 Å². The van der Waals surface area contributed by atoms with Gasteiger partial charge in [-0.25, -0.2) is 0 Å². The van der Waals surface area contributed by atoms with Crippen molar-refractivity contribution in [2.45, 2.75) is 30.7 Å². The van der Waals surface area contributed by atoms with Gasteiger partial charge in [-0.3, -0.25) is 14.3 Å². The summed E-state index contributed by atoms with van der Waals surface area (Å²) >= 11 is 0. The SMILES string of the molecule is CS(=O)C[C@H]1O[C@@H](Oc2ccc([N+](=O)[O-])cc2)[C@H](O)[C@@H](O)[C@H]1O. The summed E-state index contributed by atoms with van der Waals surface area (Å²) in [6, 6.07) is 5.07. The molecular weight excluding hydrogens is 330 g/mol. The van der Waals surface area contributed by atoms with Gasteiger partial charge in [-0.05, 0) is 12.1 Å². The Morgan fingerprint density at radius 2 is 1.83 bits per heavy atom. The lowest BCUT2D eigenvalue weighted by atomic mass is 10.00. The topological polar surface area (TPSA) is 139 Å². The average molecular weight is 347 g/mol. The van der Waals surface area contributed by atoms with Gasteiger partial charge in [-0.2, -0.15) is 0 Å². The van der Waals surface area contributed by atoms with E-state index in [1.807, 2.05) is 0 Å². The van der Waals surface area contributed by atoms with E-state index >= 15 is 0 Å². The lowest BCUT2D eigenvalue weighted by Gasteiger charge is -2.40. The van der Waals surface area contributed by atoms with E-state index in [0.29, 0.717) is 0 Å². The van der Waals surface area contributed by atoms with Crippen molar-refractivity contribution in [2.75, 3.05) is 12.0 Å². The molecule has 1 aromatic carbocycles. The average Bonchev–Trinajstić information content (AvgIpc) is 2.50.